The van der Waals surface area contributed by atoms with E-state index in [0.29, 0.717) is 6.54 Å². The third-order valence-electron chi connectivity index (χ3n) is 4.24. The molecular weight excluding hydrogens is 290 g/mol. The van der Waals surface area contributed by atoms with E-state index in [2.05, 4.69) is 0 Å². The Morgan fingerprint density at radius 1 is 1.04 bits per heavy atom. The van der Waals surface area contributed by atoms with Crippen LogP contribution in [0.15, 0.2) is 60.7 Å². The lowest BCUT2D eigenvalue weighted by Gasteiger charge is -2.29. The summed E-state index contributed by atoms with van der Waals surface area (Å²) in [5, 5.41) is 0. The molecule has 0 bridgehead atoms. The van der Waals surface area contributed by atoms with Gasteiger partial charge in [0.1, 0.15) is 0 Å². The SMILES string of the molecule is COC(=O)C1CC(=O)N(C(c2ccccc2)c2ccccc2)C1. The first-order valence-corrected chi connectivity index (χ1v) is 7.68. The smallest absolute Gasteiger partial charge is 0.310 e. The summed E-state index contributed by atoms with van der Waals surface area (Å²) in [7, 11) is 1.36. The first kappa shape index (κ1) is 15.3. The number of carbonyl (C=O) groups is 2. The van der Waals surface area contributed by atoms with Crippen LogP contribution in [0.4, 0.5) is 0 Å². The molecule has 0 spiro atoms. The van der Waals surface area contributed by atoms with Gasteiger partial charge in [0.15, 0.2) is 0 Å². The molecule has 118 valence electrons. The van der Waals surface area contributed by atoms with Crippen molar-refractivity contribution in [3.63, 3.8) is 0 Å². The summed E-state index contributed by atoms with van der Waals surface area (Å²) >= 11 is 0. The minimum absolute atomic E-state index is 0.0156. The number of esters is 1. The summed E-state index contributed by atoms with van der Waals surface area (Å²) in [6.45, 7) is 0.389. The molecule has 3 rings (SSSR count). The summed E-state index contributed by atoms with van der Waals surface area (Å²) in [6.07, 6.45) is 0.211. The first-order chi connectivity index (χ1) is 11.2. The highest BCUT2D eigenvalue weighted by atomic mass is 16.5. The van der Waals surface area contributed by atoms with Gasteiger partial charge >= 0.3 is 5.97 Å². The molecule has 0 radical (unpaired) electrons. The van der Waals surface area contributed by atoms with Gasteiger partial charge in [-0.1, -0.05) is 60.7 Å². The van der Waals surface area contributed by atoms with E-state index in [1.165, 1.54) is 7.11 Å². The number of carbonyl (C=O) groups excluding carboxylic acids is 2. The van der Waals surface area contributed by atoms with Crippen LogP contribution in [0.25, 0.3) is 0 Å². The molecule has 4 heteroatoms. The van der Waals surface area contributed by atoms with Crippen molar-refractivity contribution in [3.05, 3.63) is 71.8 Å². The molecule has 1 amide bonds. The van der Waals surface area contributed by atoms with Crippen molar-refractivity contribution in [2.24, 2.45) is 5.92 Å². The molecule has 1 atom stereocenters. The van der Waals surface area contributed by atoms with Crippen molar-refractivity contribution < 1.29 is 14.3 Å². The van der Waals surface area contributed by atoms with Gasteiger partial charge in [-0.3, -0.25) is 9.59 Å². The Balaban J connectivity index is 1.97. The predicted molar refractivity (Wildman–Crippen MR) is 86.6 cm³/mol. The number of amides is 1. The summed E-state index contributed by atoms with van der Waals surface area (Å²) in [5.74, 6) is -0.721. The molecule has 4 nitrogen and oxygen atoms in total. The molecule has 2 aromatic rings. The maximum absolute atomic E-state index is 12.5. The molecule has 1 aliphatic rings. The number of benzene rings is 2. The number of hydrogen-bond acceptors (Lipinski definition) is 3. The average molecular weight is 309 g/mol. The predicted octanol–water partition coefficient (Wildman–Crippen LogP) is 2.80. The lowest BCUT2D eigenvalue weighted by atomic mass is 9.97. The third-order valence-corrected chi connectivity index (χ3v) is 4.24. The minimum atomic E-state index is -0.387. The van der Waals surface area contributed by atoms with Crippen LogP contribution in [0.3, 0.4) is 0 Å². The quantitative estimate of drug-likeness (QED) is 0.816. The van der Waals surface area contributed by atoms with Crippen molar-refractivity contribution in [2.75, 3.05) is 13.7 Å². The van der Waals surface area contributed by atoms with Gasteiger partial charge < -0.3 is 9.64 Å². The van der Waals surface area contributed by atoms with Crippen LogP contribution >= 0.6 is 0 Å². The molecule has 1 unspecified atom stereocenters. The van der Waals surface area contributed by atoms with E-state index in [-0.39, 0.29) is 30.3 Å². The van der Waals surface area contributed by atoms with Gasteiger partial charge in [-0.2, -0.15) is 0 Å². The van der Waals surface area contributed by atoms with Crippen LogP contribution in [-0.2, 0) is 14.3 Å². The van der Waals surface area contributed by atoms with Crippen LogP contribution in [0.5, 0.6) is 0 Å². The second-order valence-electron chi connectivity index (χ2n) is 5.69. The number of ether oxygens (including phenoxy) is 1. The van der Waals surface area contributed by atoms with Gasteiger partial charge in [-0.25, -0.2) is 0 Å². The van der Waals surface area contributed by atoms with Gasteiger partial charge in [-0.05, 0) is 11.1 Å². The molecule has 0 N–H and O–H groups in total. The fourth-order valence-corrected chi connectivity index (χ4v) is 3.13. The maximum Gasteiger partial charge on any atom is 0.310 e. The van der Waals surface area contributed by atoms with Gasteiger partial charge in [0.25, 0.3) is 0 Å². The Hall–Kier alpha value is -2.62. The maximum atomic E-state index is 12.5. The number of nitrogens with zero attached hydrogens (tertiary/aromatic N) is 1. The molecule has 0 saturated carbocycles. The highest BCUT2D eigenvalue weighted by Crippen LogP contribution is 2.34. The van der Waals surface area contributed by atoms with Crippen molar-refractivity contribution in [1.29, 1.82) is 0 Å². The minimum Gasteiger partial charge on any atom is -0.469 e. The Morgan fingerprint density at radius 3 is 2.04 bits per heavy atom. The van der Waals surface area contributed by atoms with Crippen molar-refractivity contribution in [2.45, 2.75) is 12.5 Å². The van der Waals surface area contributed by atoms with E-state index in [1.54, 1.807) is 4.90 Å². The van der Waals surface area contributed by atoms with E-state index in [4.69, 9.17) is 4.74 Å². The molecule has 0 aromatic heterocycles. The van der Waals surface area contributed by atoms with E-state index >= 15 is 0 Å². The highest BCUT2D eigenvalue weighted by Gasteiger charge is 2.39. The fraction of sp³-hybridized carbons (Fsp3) is 0.263. The Kier molecular flexibility index (Phi) is 4.42. The zero-order valence-corrected chi connectivity index (χ0v) is 13.0. The Labute approximate surface area is 135 Å². The molecule has 1 fully saturated rings. The normalized spacial score (nSPS) is 17.6. The van der Waals surface area contributed by atoms with Crippen molar-refractivity contribution in [3.8, 4) is 0 Å². The van der Waals surface area contributed by atoms with Crippen molar-refractivity contribution in [1.82, 2.24) is 4.90 Å². The average Bonchev–Trinajstić information content (AvgIpc) is 2.98. The zero-order valence-electron chi connectivity index (χ0n) is 13.0. The largest absolute Gasteiger partial charge is 0.469 e. The molecule has 2 aromatic carbocycles. The molecule has 1 heterocycles. The topological polar surface area (TPSA) is 46.6 Å². The van der Waals surface area contributed by atoms with Gasteiger partial charge in [-0.15, -0.1) is 0 Å². The Morgan fingerprint density at radius 2 is 1.57 bits per heavy atom. The van der Waals surface area contributed by atoms with Crippen LogP contribution in [-0.4, -0.2) is 30.4 Å². The lowest BCUT2D eigenvalue weighted by Crippen LogP contribution is -2.32. The second-order valence-corrected chi connectivity index (χ2v) is 5.69. The van der Waals surface area contributed by atoms with Gasteiger partial charge in [0, 0.05) is 13.0 Å². The summed E-state index contributed by atoms with van der Waals surface area (Å²) < 4.78 is 4.80. The fourth-order valence-electron chi connectivity index (χ4n) is 3.13. The van der Waals surface area contributed by atoms with Crippen molar-refractivity contribution >= 4 is 11.9 Å². The number of hydrogen-bond donors (Lipinski definition) is 0. The van der Waals surface area contributed by atoms with E-state index < -0.39 is 0 Å². The summed E-state index contributed by atoms with van der Waals surface area (Å²) in [4.78, 5) is 26.1. The first-order valence-electron chi connectivity index (χ1n) is 7.68. The number of likely N-dealkylation sites (tertiary alicyclic amines) is 1. The molecular formula is C19H19NO3. The third kappa shape index (κ3) is 3.11. The number of rotatable bonds is 4. The summed E-state index contributed by atoms with van der Waals surface area (Å²) in [5.41, 5.74) is 2.08. The van der Waals surface area contributed by atoms with Gasteiger partial charge in [0.2, 0.25) is 5.91 Å². The van der Waals surface area contributed by atoms with E-state index in [1.807, 2.05) is 60.7 Å². The molecule has 1 saturated heterocycles. The standard InChI is InChI=1S/C19H19NO3/c1-23-19(22)16-12-17(21)20(13-16)18(14-8-4-2-5-9-14)15-10-6-3-7-11-15/h2-11,16,18H,12-13H2,1H3. The molecule has 0 aliphatic carbocycles. The zero-order chi connectivity index (χ0) is 16.2. The lowest BCUT2D eigenvalue weighted by molar-refractivity contribution is -0.145. The van der Waals surface area contributed by atoms with Crippen LogP contribution in [0.2, 0.25) is 0 Å². The Bertz CT molecular complexity index is 645. The van der Waals surface area contributed by atoms with Crippen LogP contribution < -0.4 is 0 Å². The van der Waals surface area contributed by atoms with Gasteiger partial charge in [0.05, 0.1) is 19.1 Å². The van der Waals surface area contributed by atoms with Crippen LogP contribution in [0, 0.1) is 5.92 Å². The number of methoxy groups -OCH3 is 1. The molecule has 23 heavy (non-hydrogen) atoms. The van der Waals surface area contributed by atoms with E-state index in [9.17, 15) is 9.59 Å². The van der Waals surface area contributed by atoms with Crippen LogP contribution in [0.1, 0.15) is 23.6 Å². The van der Waals surface area contributed by atoms with E-state index in [0.717, 1.165) is 11.1 Å². The monoisotopic (exact) mass is 309 g/mol. The summed E-state index contributed by atoms with van der Waals surface area (Å²) in [6, 6.07) is 19.6. The molecule has 1 aliphatic heterocycles. The highest BCUT2D eigenvalue weighted by molar-refractivity contribution is 5.87. The second kappa shape index (κ2) is 6.65.